The summed E-state index contributed by atoms with van der Waals surface area (Å²) < 4.78 is 32.8. The van der Waals surface area contributed by atoms with Crippen LogP contribution in [-0.2, 0) is 26.2 Å². The monoisotopic (exact) mass is 441 g/mol. The molecule has 0 atom stereocenters. The summed E-state index contributed by atoms with van der Waals surface area (Å²) >= 11 is 0. The molecule has 7 heteroatoms. The SMILES string of the molecule is CCCCCCCCCCCC(=O)N(CCOC)Cc1cccc(OS(C)(=O)=O)c1. The molecule has 0 unspecified atom stereocenters. The summed E-state index contributed by atoms with van der Waals surface area (Å²) in [6.45, 7) is 3.60. The lowest BCUT2D eigenvalue weighted by Gasteiger charge is -2.23. The molecular formula is C23H39NO5S. The third-order valence-electron chi connectivity index (χ3n) is 4.93. The molecule has 0 saturated heterocycles. The van der Waals surface area contributed by atoms with E-state index < -0.39 is 10.1 Å². The van der Waals surface area contributed by atoms with E-state index in [4.69, 9.17) is 8.92 Å². The number of rotatable bonds is 17. The van der Waals surface area contributed by atoms with E-state index in [2.05, 4.69) is 6.92 Å². The fourth-order valence-corrected chi connectivity index (χ4v) is 3.78. The number of hydrogen-bond donors (Lipinski definition) is 0. The van der Waals surface area contributed by atoms with Crippen molar-refractivity contribution in [1.29, 1.82) is 0 Å². The zero-order valence-corrected chi connectivity index (χ0v) is 19.7. The molecule has 1 amide bonds. The number of ether oxygens (including phenoxy) is 1. The van der Waals surface area contributed by atoms with E-state index in [0.29, 0.717) is 26.1 Å². The van der Waals surface area contributed by atoms with Gasteiger partial charge in [0.05, 0.1) is 12.9 Å². The quantitative estimate of drug-likeness (QED) is 0.253. The summed E-state index contributed by atoms with van der Waals surface area (Å²) in [5.74, 6) is 0.359. The van der Waals surface area contributed by atoms with Gasteiger partial charge in [0.15, 0.2) is 0 Å². The summed E-state index contributed by atoms with van der Waals surface area (Å²) in [5.41, 5.74) is 0.827. The smallest absolute Gasteiger partial charge is 0.306 e. The van der Waals surface area contributed by atoms with Crippen LogP contribution in [0.4, 0.5) is 0 Å². The molecule has 0 aliphatic heterocycles. The molecule has 30 heavy (non-hydrogen) atoms. The second-order valence-corrected chi connectivity index (χ2v) is 9.40. The number of carbonyl (C=O) groups is 1. The van der Waals surface area contributed by atoms with Crippen LogP contribution in [0.25, 0.3) is 0 Å². The van der Waals surface area contributed by atoms with Gasteiger partial charge in [0, 0.05) is 26.6 Å². The summed E-state index contributed by atoms with van der Waals surface area (Å²) in [6, 6.07) is 6.84. The summed E-state index contributed by atoms with van der Waals surface area (Å²) in [4.78, 5) is 14.5. The maximum Gasteiger partial charge on any atom is 0.306 e. The standard InChI is InChI=1S/C23H39NO5S/c1-4-5-6-7-8-9-10-11-12-16-23(25)24(17-18-28-2)20-21-14-13-15-22(19-21)29-30(3,26)27/h13-15,19H,4-12,16-18,20H2,1-3H3. The predicted molar refractivity (Wildman–Crippen MR) is 121 cm³/mol. The molecular weight excluding hydrogens is 402 g/mol. The summed E-state index contributed by atoms with van der Waals surface area (Å²) in [7, 11) is -1.97. The Hall–Kier alpha value is -1.60. The van der Waals surface area contributed by atoms with Crippen molar-refractivity contribution in [3.05, 3.63) is 29.8 Å². The minimum Gasteiger partial charge on any atom is -0.383 e. The molecule has 6 nitrogen and oxygen atoms in total. The van der Waals surface area contributed by atoms with E-state index in [-0.39, 0.29) is 11.7 Å². The Morgan fingerprint density at radius 1 is 1.00 bits per heavy atom. The van der Waals surface area contributed by atoms with Gasteiger partial charge in [-0.05, 0) is 24.1 Å². The highest BCUT2D eigenvalue weighted by Gasteiger charge is 2.14. The first kappa shape index (κ1) is 26.4. The van der Waals surface area contributed by atoms with Crippen molar-refractivity contribution >= 4 is 16.0 Å². The van der Waals surface area contributed by atoms with Crippen LogP contribution in [0.5, 0.6) is 5.75 Å². The Kier molecular flexibility index (Phi) is 13.4. The van der Waals surface area contributed by atoms with E-state index in [1.807, 2.05) is 6.07 Å². The first-order valence-corrected chi connectivity index (χ1v) is 12.9. The Morgan fingerprint density at radius 3 is 2.23 bits per heavy atom. The van der Waals surface area contributed by atoms with Crippen molar-refractivity contribution < 1.29 is 22.1 Å². The molecule has 0 aliphatic carbocycles. The highest BCUT2D eigenvalue weighted by atomic mass is 32.2. The zero-order chi connectivity index (χ0) is 22.2. The van der Waals surface area contributed by atoms with Crippen molar-refractivity contribution in [3.63, 3.8) is 0 Å². The average Bonchev–Trinajstić information content (AvgIpc) is 2.68. The molecule has 0 spiro atoms. The van der Waals surface area contributed by atoms with Gasteiger partial charge in [0.25, 0.3) is 0 Å². The fourth-order valence-electron chi connectivity index (χ4n) is 3.33. The molecule has 0 saturated carbocycles. The second kappa shape index (κ2) is 15.2. The highest BCUT2D eigenvalue weighted by Crippen LogP contribution is 2.18. The molecule has 0 fully saturated rings. The molecule has 1 aromatic rings. The number of carbonyl (C=O) groups excluding carboxylic acids is 1. The van der Waals surface area contributed by atoms with Gasteiger partial charge in [0.2, 0.25) is 5.91 Å². The number of unbranched alkanes of at least 4 members (excludes halogenated alkanes) is 8. The molecule has 172 valence electrons. The van der Waals surface area contributed by atoms with Gasteiger partial charge >= 0.3 is 10.1 Å². The molecule has 0 aromatic heterocycles. The molecule has 0 aliphatic rings. The maximum atomic E-state index is 12.7. The van der Waals surface area contributed by atoms with Gasteiger partial charge in [-0.15, -0.1) is 0 Å². The number of nitrogens with zero attached hydrogens (tertiary/aromatic N) is 1. The Balaban J connectivity index is 2.47. The first-order chi connectivity index (χ1) is 14.4. The van der Waals surface area contributed by atoms with Gasteiger partial charge in [0.1, 0.15) is 5.75 Å². The Morgan fingerprint density at radius 2 is 1.63 bits per heavy atom. The lowest BCUT2D eigenvalue weighted by atomic mass is 10.1. The number of benzene rings is 1. The zero-order valence-electron chi connectivity index (χ0n) is 18.9. The van der Waals surface area contributed by atoms with Crippen molar-refractivity contribution in [1.82, 2.24) is 4.90 Å². The van der Waals surface area contributed by atoms with E-state index in [1.54, 1.807) is 30.2 Å². The lowest BCUT2D eigenvalue weighted by molar-refractivity contribution is -0.132. The van der Waals surface area contributed by atoms with Crippen LogP contribution < -0.4 is 4.18 Å². The third kappa shape index (κ3) is 12.9. The van der Waals surface area contributed by atoms with E-state index in [0.717, 1.165) is 24.7 Å². The average molecular weight is 442 g/mol. The van der Waals surface area contributed by atoms with Crippen LogP contribution in [0.2, 0.25) is 0 Å². The van der Waals surface area contributed by atoms with E-state index in [1.165, 1.54) is 44.9 Å². The first-order valence-electron chi connectivity index (χ1n) is 11.1. The van der Waals surface area contributed by atoms with Gasteiger partial charge in [-0.2, -0.15) is 8.42 Å². The molecule has 1 rings (SSSR count). The predicted octanol–water partition coefficient (Wildman–Crippen LogP) is 4.92. The normalized spacial score (nSPS) is 11.4. The van der Waals surface area contributed by atoms with Crippen molar-refractivity contribution in [2.75, 3.05) is 26.5 Å². The van der Waals surface area contributed by atoms with Gasteiger partial charge in [-0.1, -0.05) is 70.4 Å². The Bertz CT molecular complexity index is 705. The van der Waals surface area contributed by atoms with E-state index >= 15 is 0 Å². The molecule has 0 bridgehead atoms. The topological polar surface area (TPSA) is 72.9 Å². The van der Waals surface area contributed by atoms with Crippen LogP contribution in [0.1, 0.15) is 76.7 Å². The second-order valence-electron chi connectivity index (χ2n) is 7.82. The largest absolute Gasteiger partial charge is 0.383 e. The number of amides is 1. The lowest BCUT2D eigenvalue weighted by Crippen LogP contribution is -2.33. The van der Waals surface area contributed by atoms with Gasteiger partial charge in [-0.25, -0.2) is 0 Å². The van der Waals surface area contributed by atoms with Gasteiger partial charge < -0.3 is 13.8 Å². The molecule has 0 N–H and O–H groups in total. The minimum absolute atomic E-state index is 0.101. The minimum atomic E-state index is -3.58. The fraction of sp³-hybridized carbons (Fsp3) is 0.696. The highest BCUT2D eigenvalue weighted by molar-refractivity contribution is 7.86. The summed E-state index contributed by atoms with van der Waals surface area (Å²) in [6.07, 6.45) is 12.5. The molecule has 0 heterocycles. The van der Waals surface area contributed by atoms with E-state index in [9.17, 15) is 13.2 Å². The number of methoxy groups -OCH3 is 1. The molecule has 1 aromatic carbocycles. The van der Waals surface area contributed by atoms with Crippen molar-refractivity contribution in [3.8, 4) is 5.75 Å². The summed E-state index contributed by atoms with van der Waals surface area (Å²) in [5, 5.41) is 0. The molecule has 0 radical (unpaired) electrons. The van der Waals surface area contributed by atoms with Crippen molar-refractivity contribution in [2.24, 2.45) is 0 Å². The van der Waals surface area contributed by atoms with Crippen LogP contribution in [0.3, 0.4) is 0 Å². The van der Waals surface area contributed by atoms with Crippen LogP contribution in [0, 0.1) is 0 Å². The van der Waals surface area contributed by atoms with Gasteiger partial charge in [-0.3, -0.25) is 4.79 Å². The Labute approximate surface area is 183 Å². The van der Waals surface area contributed by atoms with Crippen LogP contribution in [0.15, 0.2) is 24.3 Å². The van der Waals surface area contributed by atoms with Crippen molar-refractivity contribution in [2.45, 2.75) is 77.7 Å². The third-order valence-corrected chi connectivity index (χ3v) is 5.43. The van der Waals surface area contributed by atoms with Crippen LogP contribution >= 0.6 is 0 Å². The van der Waals surface area contributed by atoms with Crippen LogP contribution in [-0.4, -0.2) is 45.7 Å². The maximum absolute atomic E-state index is 12.7. The number of hydrogen-bond acceptors (Lipinski definition) is 5.